The number of hydrogen-bond acceptors (Lipinski definition) is 4. The molecule has 2 unspecified atom stereocenters. The molecule has 1 aliphatic carbocycles. The second-order valence-electron chi connectivity index (χ2n) is 6.76. The second-order valence-corrected chi connectivity index (χ2v) is 6.76. The van der Waals surface area contributed by atoms with Crippen molar-refractivity contribution in [3.05, 3.63) is 47.5 Å². The van der Waals surface area contributed by atoms with Crippen molar-refractivity contribution in [2.45, 2.75) is 18.9 Å². The largest absolute Gasteiger partial charge is 0.334 e. The summed E-state index contributed by atoms with van der Waals surface area (Å²) < 4.78 is 0. The summed E-state index contributed by atoms with van der Waals surface area (Å²) in [5, 5.41) is 8.81. The van der Waals surface area contributed by atoms with Crippen molar-refractivity contribution in [3.63, 3.8) is 0 Å². The predicted octanol–water partition coefficient (Wildman–Crippen LogP) is 1.33. The van der Waals surface area contributed by atoms with E-state index in [4.69, 9.17) is 5.26 Å². The Balaban J connectivity index is 1.42. The molecule has 0 spiro atoms. The topological polar surface area (TPSA) is 81.5 Å². The molecule has 25 heavy (non-hydrogen) atoms. The van der Waals surface area contributed by atoms with Gasteiger partial charge in [0.1, 0.15) is 0 Å². The van der Waals surface area contributed by atoms with Gasteiger partial charge in [0.05, 0.1) is 29.5 Å². The third-order valence-electron chi connectivity index (χ3n) is 5.32. The number of amides is 3. The molecular formula is C19H17N3O3. The van der Waals surface area contributed by atoms with Crippen LogP contribution in [0.1, 0.15) is 28.8 Å². The van der Waals surface area contributed by atoms with Crippen molar-refractivity contribution in [2.75, 3.05) is 13.1 Å². The highest BCUT2D eigenvalue weighted by molar-refractivity contribution is 6.06. The van der Waals surface area contributed by atoms with Crippen LogP contribution in [0.4, 0.5) is 0 Å². The van der Waals surface area contributed by atoms with E-state index in [0.29, 0.717) is 37.1 Å². The highest BCUT2D eigenvalue weighted by Crippen LogP contribution is 2.37. The first-order chi connectivity index (χ1) is 12.1. The van der Waals surface area contributed by atoms with Crippen molar-refractivity contribution in [1.29, 1.82) is 5.26 Å². The minimum absolute atomic E-state index is 0.0881. The van der Waals surface area contributed by atoms with E-state index in [1.165, 1.54) is 4.90 Å². The standard InChI is InChI=1S/C19H17N3O3/c20-9-12-5-7-13(8-6-12)17(23)21-10-14(11-21)22-18(24)15-3-1-2-4-16(15)19(22)25/h1-2,5-8,14-16H,3-4,10-11H2. The van der Waals surface area contributed by atoms with Gasteiger partial charge in [-0.1, -0.05) is 12.2 Å². The van der Waals surface area contributed by atoms with E-state index in [2.05, 4.69) is 0 Å². The third-order valence-corrected chi connectivity index (χ3v) is 5.32. The zero-order chi connectivity index (χ0) is 17.6. The summed E-state index contributed by atoms with van der Waals surface area (Å²) >= 11 is 0. The Morgan fingerprint density at radius 1 is 1.00 bits per heavy atom. The van der Waals surface area contributed by atoms with Gasteiger partial charge in [-0.05, 0) is 37.1 Å². The quantitative estimate of drug-likeness (QED) is 0.603. The molecule has 0 radical (unpaired) electrons. The van der Waals surface area contributed by atoms with E-state index < -0.39 is 0 Å². The van der Waals surface area contributed by atoms with E-state index in [-0.39, 0.29) is 35.6 Å². The summed E-state index contributed by atoms with van der Waals surface area (Å²) in [6.45, 7) is 0.756. The molecule has 3 aliphatic rings. The molecule has 2 fully saturated rings. The number of benzene rings is 1. The van der Waals surface area contributed by atoms with Gasteiger partial charge in [-0.25, -0.2) is 0 Å². The van der Waals surface area contributed by atoms with Crippen LogP contribution in [0.25, 0.3) is 0 Å². The van der Waals surface area contributed by atoms with Crippen LogP contribution in [0, 0.1) is 23.2 Å². The normalized spacial score (nSPS) is 25.6. The number of hydrogen-bond donors (Lipinski definition) is 0. The van der Waals surface area contributed by atoms with Gasteiger partial charge in [0.2, 0.25) is 11.8 Å². The lowest BCUT2D eigenvalue weighted by Crippen LogP contribution is -2.62. The summed E-state index contributed by atoms with van der Waals surface area (Å²) in [5.41, 5.74) is 1.01. The van der Waals surface area contributed by atoms with Gasteiger partial charge in [-0.2, -0.15) is 5.26 Å². The molecule has 0 N–H and O–H groups in total. The van der Waals surface area contributed by atoms with Crippen molar-refractivity contribution in [1.82, 2.24) is 9.80 Å². The van der Waals surface area contributed by atoms with Crippen LogP contribution >= 0.6 is 0 Å². The lowest BCUT2D eigenvalue weighted by molar-refractivity contribution is -0.145. The summed E-state index contributed by atoms with van der Waals surface area (Å²) in [6.07, 6.45) is 5.20. The molecule has 3 amide bonds. The number of allylic oxidation sites excluding steroid dienone is 2. The number of fused-ring (bicyclic) bond motifs is 1. The number of carbonyl (C=O) groups is 3. The molecule has 2 atom stereocenters. The zero-order valence-electron chi connectivity index (χ0n) is 13.6. The Bertz CT molecular complexity index is 789. The average molecular weight is 335 g/mol. The van der Waals surface area contributed by atoms with Crippen molar-refractivity contribution < 1.29 is 14.4 Å². The maximum absolute atomic E-state index is 12.5. The molecule has 6 heteroatoms. The summed E-state index contributed by atoms with van der Waals surface area (Å²) in [7, 11) is 0. The van der Waals surface area contributed by atoms with Gasteiger partial charge in [0.15, 0.2) is 0 Å². The van der Waals surface area contributed by atoms with Gasteiger partial charge >= 0.3 is 0 Å². The number of carbonyl (C=O) groups excluding carboxylic acids is 3. The minimum atomic E-state index is -0.222. The van der Waals surface area contributed by atoms with Gasteiger partial charge in [-0.15, -0.1) is 0 Å². The first-order valence-corrected chi connectivity index (χ1v) is 8.41. The second kappa shape index (κ2) is 5.85. The lowest BCUT2D eigenvalue weighted by Gasteiger charge is -2.43. The van der Waals surface area contributed by atoms with Crippen LogP contribution in [-0.4, -0.2) is 46.7 Å². The zero-order valence-corrected chi connectivity index (χ0v) is 13.6. The molecule has 4 rings (SSSR count). The van der Waals surface area contributed by atoms with E-state index in [0.717, 1.165) is 0 Å². The highest BCUT2D eigenvalue weighted by Gasteiger charge is 2.52. The Hall–Kier alpha value is -2.94. The van der Waals surface area contributed by atoms with Crippen LogP contribution < -0.4 is 0 Å². The molecule has 6 nitrogen and oxygen atoms in total. The maximum atomic E-state index is 12.5. The summed E-state index contributed by atoms with van der Waals surface area (Å²) in [6, 6.07) is 8.27. The fourth-order valence-electron chi connectivity index (χ4n) is 3.84. The average Bonchev–Trinajstić information content (AvgIpc) is 2.86. The summed E-state index contributed by atoms with van der Waals surface area (Å²) in [4.78, 5) is 40.5. The van der Waals surface area contributed by atoms with Crippen LogP contribution in [-0.2, 0) is 9.59 Å². The van der Waals surface area contributed by atoms with Crippen molar-refractivity contribution >= 4 is 17.7 Å². The lowest BCUT2D eigenvalue weighted by atomic mass is 9.85. The van der Waals surface area contributed by atoms with Gasteiger partial charge in [0, 0.05) is 18.7 Å². The molecule has 0 aromatic heterocycles. The molecule has 1 aromatic carbocycles. The van der Waals surface area contributed by atoms with E-state index >= 15 is 0 Å². The Labute approximate surface area is 145 Å². The smallest absolute Gasteiger partial charge is 0.253 e. The fraction of sp³-hybridized carbons (Fsp3) is 0.368. The number of likely N-dealkylation sites (tertiary alicyclic amines) is 2. The van der Waals surface area contributed by atoms with Crippen LogP contribution in [0.15, 0.2) is 36.4 Å². The molecular weight excluding hydrogens is 318 g/mol. The van der Waals surface area contributed by atoms with Gasteiger partial charge < -0.3 is 4.90 Å². The number of rotatable bonds is 2. The first kappa shape index (κ1) is 15.6. The minimum Gasteiger partial charge on any atom is -0.334 e. The maximum Gasteiger partial charge on any atom is 0.253 e. The first-order valence-electron chi connectivity index (χ1n) is 8.41. The number of nitrogens with zero attached hydrogens (tertiary/aromatic N) is 3. The molecule has 126 valence electrons. The van der Waals surface area contributed by atoms with E-state index in [1.807, 2.05) is 18.2 Å². The fourth-order valence-corrected chi connectivity index (χ4v) is 3.84. The molecule has 0 bridgehead atoms. The van der Waals surface area contributed by atoms with Crippen LogP contribution in [0.3, 0.4) is 0 Å². The monoisotopic (exact) mass is 335 g/mol. The van der Waals surface area contributed by atoms with Crippen LogP contribution in [0.5, 0.6) is 0 Å². The predicted molar refractivity (Wildman–Crippen MR) is 88.1 cm³/mol. The SMILES string of the molecule is N#Cc1ccc(C(=O)N2CC(N3C(=O)C4CC=CCC4C3=O)C2)cc1. The molecule has 2 aliphatic heterocycles. The number of imide groups is 1. The summed E-state index contributed by atoms with van der Waals surface area (Å²) in [5.74, 6) is -0.759. The van der Waals surface area contributed by atoms with Crippen molar-refractivity contribution in [2.24, 2.45) is 11.8 Å². The Kier molecular flexibility index (Phi) is 3.65. The van der Waals surface area contributed by atoms with Gasteiger partial charge in [0.25, 0.3) is 5.91 Å². The van der Waals surface area contributed by atoms with E-state index in [1.54, 1.807) is 29.2 Å². The van der Waals surface area contributed by atoms with Crippen LogP contribution in [0.2, 0.25) is 0 Å². The molecule has 2 saturated heterocycles. The Morgan fingerprint density at radius 2 is 1.56 bits per heavy atom. The van der Waals surface area contributed by atoms with E-state index in [9.17, 15) is 14.4 Å². The highest BCUT2D eigenvalue weighted by atomic mass is 16.2. The molecule has 1 aromatic rings. The third kappa shape index (κ3) is 2.43. The molecule has 2 heterocycles. The number of nitriles is 1. The van der Waals surface area contributed by atoms with Crippen molar-refractivity contribution in [3.8, 4) is 6.07 Å². The Morgan fingerprint density at radius 3 is 2.08 bits per heavy atom. The van der Waals surface area contributed by atoms with Gasteiger partial charge in [-0.3, -0.25) is 19.3 Å². The molecule has 0 saturated carbocycles.